The lowest BCUT2D eigenvalue weighted by Crippen LogP contribution is -2.54. The maximum absolute atomic E-state index is 15.4. The van der Waals surface area contributed by atoms with Crippen molar-refractivity contribution in [1.29, 1.82) is 0 Å². The summed E-state index contributed by atoms with van der Waals surface area (Å²) in [6.45, 7) is 0.727. The standard InChI is InChI=1S/C23H22ClFN2O3/c1-30-19-7-6-16(22(25)21(19)15-3-2-4-17(24)12-15)11-14-5-8-20(26-13-14)27-10-9-18(27)23(28)29/h2-8,12-13,18,23,28-29H,9-11H2,1H3. The van der Waals surface area contributed by atoms with E-state index in [1.54, 1.807) is 42.6 Å². The summed E-state index contributed by atoms with van der Waals surface area (Å²) in [4.78, 5) is 6.27. The van der Waals surface area contributed by atoms with Crippen LogP contribution in [0.15, 0.2) is 54.7 Å². The van der Waals surface area contributed by atoms with Crippen molar-refractivity contribution in [2.75, 3.05) is 18.6 Å². The zero-order valence-electron chi connectivity index (χ0n) is 16.4. The van der Waals surface area contributed by atoms with Gasteiger partial charge in [0.25, 0.3) is 0 Å². The topological polar surface area (TPSA) is 65.8 Å². The number of hydrogen-bond acceptors (Lipinski definition) is 5. The molecule has 1 aliphatic heterocycles. The summed E-state index contributed by atoms with van der Waals surface area (Å²) in [5.41, 5.74) is 2.40. The molecular weight excluding hydrogens is 407 g/mol. The number of anilines is 1. The van der Waals surface area contributed by atoms with Crippen LogP contribution in [-0.2, 0) is 6.42 Å². The Morgan fingerprint density at radius 2 is 2.07 bits per heavy atom. The Bertz CT molecular complexity index is 1040. The zero-order valence-corrected chi connectivity index (χ0v) is 17.2. The lowest BCUT2D eigenvalue weighted by atomic mass is 9.97. The average molecular weight is 429 g/mol. The number of ether oxygens (including phenoxy) is 1. The van der Waals surface area contributed by atoms with E-state index in [4.69, 9.17) is 16.3 Å². The molecule has 2 N–H and O–H groups in total. The Hall–Kier alpha value is -2.67. The summed E-state index contributed by atoms with van der Waals surface area (Å²) in [7, 11) is 1.51. The molecule has 30 heavy (non-hydrogen) atoms. The molecule has 5 nitrogen and oxygen atoms in total. The zero-order chi connectivity index (χ0) is 21.3. The van der Waals surface area contributed by atoms with E-state index in [1.165, 1.54) is 7.11 Å². The first-order chi connectivity index (χ1) is 14.5. The fourth-order valence-corrected chi connectivity index (χ4v) is 3.92. The van der Waals surface area contributed by atoms with Crippen LogP contribution in [0.25, 0.3) is 11.1 Å². The second-order valence-electron chi connectivity index (χ2n) is 7.29. The molecule has 1 aromatic heterocycles. The number of pyridine rings is 1. The van der Waals surface area contributed by atoms with Crippen LogP contribution in [0.1, 0.15) is 17.5 Å². The maximum atomic E-state index is 15.4. The highest BCUT2D eigenvalue weighted by molar-refractivity contribution is 6.30. The SMILES string of the molecule is COc1ccc(Cc2ccc(N3CCC3C(O)O)nc2)c(F)c1-c1cccc(Cl)c1. The normalized spacial score (nSPS) is 15.9. The monoisotopic (exact) mass is 428 g/mol. The number of benzene rings is 2. The van der Waals surface area contributed by atoms with E-state index < -0.39 is 6.29 Å². The van der Waals surface area contributed by atoms with E-state index in [0.29, 0.717) is 46.1 Å². The van der Waals surface area contributed by atoms with Crippen molar-refractivity contribution in [1.82, 2.24) is 4.98 Å². The fraction of sp³-hybridized carbons (Fsp3) is 0.261. The van der Waals surface area contributed by atoms with Crippen molar-refractivity contribution in [3.8, 4) is 16.9 Å². The Morgan fingerprint density at radius 3 is 2.67 bits per heavy atom. The predicted octanol–water partition coefficient (Wildman–Crippen LogP) is 4.03. The maximum Gasteiger partial charge on any atom is 0.172 e. The van der Waals surface area contributed by atoms with E-state index in [2.05, 4.69) is 4.98 Å². The molecule has 1 atom stereocenters. The van der Waals surface area contributed by atoms with Crippen LogP contribution in [0.4, 0.5) is 10.2 Å². The molecule has 1 aliphatic rings. The molecule has 2 heterocycles. The van der Waals surface area contributed by atoms with Gasteiger partial charge in [-0.2, -0.15) is 0 Å². The minimum absolute atomic E-state index is 0.331. The van der Waals surface area contributed by atoms with Gasteiger partial charge in [-0.05, 0) is 47.4 Å². The van der Waals surface area contributed by atoms with E-state index in [-0.39, 0.29) is 11.9 Å². The smallest absolute Gasteiger partial charge is 0.172 e. The summed E-state index contributed by atoms with van der Waals surface area (Å²) >= 11 is 6.09. The van der Waals surface area contributed by atoms with Crippen LogP contribution in [0.5, 0.6) is 5.75 Å². The van der Waals surface area contributed by atoms with Gasteiger partial charge in [0, 0.05) is 24.2 Å². The first kappa shape index (κ1) is 20.6. The van der Waals surface area contributed by atoms with Gasteiger partial charge in [-0.25, -0.2) is 9.37 Å². The van der Waals surface area contributed by atoms with Crippen LogP contribution in [0, 0.1) is 5.82 Å². The van der Waals surface area contributed by atoms with Crippen molar-refractivity contribution in [3.63, 3.8) is 0 Å². The van der Waals surface area contributed by atoms with Crippen LogP contribution in [0.3, 0.4) is 0 Å². The second-order valence-corrected chi connectivity index (χ2v) is 7.73. The number of aliphatic hydroxyl groups excluding tert-OH is 1. The fourth-order valence-electron chi connectivity index (χ4n) is 3.73. The van der Waals surface area contributed by atoms with Gasteiger partial charge in [-0.1, -0.05) is 35.9 Å². The third-order valence-electron chi connectivity index (χ3n) is 5.43. The third-order valence-corrected chi connectivity index (χ3v) is 5.66. The number of halogens is 2. The van der Waals surface area contributed by atoms with Gasteiger partial charge < -0.3 is 19.8 Å². The Labute approximate surface area is 179 Å². The molecular formula is C23H22ClFN2O3. The molecule has 1 saturated heterocycles. The van der Waals surface area contributed by atoms with Crippen molar-refractivity contribution in [2.24, 2.45) is 0 Å². The highest BCUT2D eigenvalue weighted by Crippen LogP contribution is 2.36. The average Bonchev–Trinajstić information content (AvgIpc) is 2.69. The molecule has 1 unspecified atom stereocenters. The molecule has 3 aromatic rings. The van der Waals surface area contributed by atoms with Crippen molar-refractivity contribution >= 4 is 17.4 Å². The molecule has 0 bridgehead atoms. The minimum Gasteiger partial charge on any atom is -0.496 e. The van der Waals surface area contributed by atoms with Gasteiger partial charge in [0.2, 0.25) is 0 Å². The molecule has 1 fully saturated rings. The molecule has 0 amide bonds. The highest BCUT2D eigenvalue weighted by Gasteiger charge is 2.33. The summed E-state index contributed by atoms with van der Waals surface area (Å²) in [6.07, 6.45) is 1.38. The lowest BCUT2D eigenvalue weighted by molar-refractivity contribution is -0.0717. The molecule has 0 saturated carbocycles. The number of aliphatic hydroxyl groups is 2. The summed E-state index contributed by atoms with van der Waals surface area (Å²) in [6, 6.07) is 13.9. The highest BCUT2D eigenvalue weighted by atomic mass is 35.5. The predicted molar refractivity (Wildman–Crippen MR) is 114 cm³/mol. The minimum atomic E-state index is -1.39. The summed E-state index contributed by atoms with van der Waals surface area (Å²) in [5.74, 6) is 0.767. The Balaban J connectivity index is 1.60. The van der Waals surface area contributed by atoms with E-state index in [1.807, 2.05) is 17.0 Å². The van der Waals surface area contributed by atoms with E-state index in [0.717, 1.165) is 12.1 Å². The van der Waals surface area contributed by atoms with Gasteiger partial charge in [-0.3, -0.25) is 0 Å². The number of rotatable bonds is 6. The van der Waals surface area contributed by atoms with Crippen LogP contribution < -0.4 is 9.64 Å². The second kappa shape index (κ2) is 8.60. The third kappa shape index (κ3) is 3.99. The molecule has 0 aliphatic carbocycles. The first-order valence-electron chi connectivity index (χ1n) is 9.67. The molecule has 2 aromatic carbocycles. The molecule has 0 radical (unpaired) electrons. The van der Waals surface area contributed by atoms with Gasteiger partial charge >= 0.3 is 0 Å². The molecule has 7 heteroatoms. The summed E-state index contributed by atoms with van der Waals surface area (Å²) < 4.78 is 20.8. The van der Waals surface area contributed by atoms with Crippen molar-refractivity contribution < 1.29 is 19.3 Å². The van der Waals surface area contributed by atoms with Crippen LogP contribution >= 0.6 is 11.6 Å². The largest absolute Gasteiger partial charge is 0.496 e. The number of nitrogens with zero attached hydrogens (tertiary/aromatic N) is 2. The van der Waals surface area contributed by atoms with Crippen LogP contribution in [0.2, 0.25) is 5.02 Å². The van der Waals surface area contributed by atoms with Crippen LogP contribution in [-0.4, -0.2) is 41.2 Å². The van der Waals surface area contributed by atoms with Gasteiger partial charge in [0.15, 0.2) is 6.29 Å². The summed E-state index contributed by atoms with van der Waals surface area (Å²) in [5, 5.41) is 19.3. The van der Waals surface area contributed by atoms with E-state index >= 15 is 4.39 Å². The lowest BCUT2D eigenvalue weighted by Gasteiger charge is -2.42. The van der Waals surface area contributed by atoms with Gasteiger partial charge in [0.05, 0.1) is 18.7 Å². The number of aromatic nitrogens is 1. The number of hydrogen-bond donors (Lipinski definition) is 2. The molecule has 0 spiro atoms. The molecule has 156 valence electrons. The van der Waals surface area contributed by atoms with Gasteiger partial charge in [-0.15, -0.1) is 0 Å². The van der Waals surface area contributed by atoms with Crippen molar-refractivity contribution in [2.45, 2.75) is 25.2 Å². The number of methoxy groups -OCH3 is 1. The first-order valence-corrected chi connectivity index (χ1v) is 10.0. The Morgan fingerprint density at radius 1 is 1.23 bits per heavy atom. The molecule has 4 rings (SSSR count). The van der Waals surface area contributed by atoms with Gasteiger partial charge in [0.1, 0.15) is 17.4 Å². The van der Waals surface area contributed by atoms with Crippen molar-refractivity contribution in [3.05, 3.63) is 76.7 Å². The Kier molecular flexibility index (Phi) is 5.90. The quantitative estimate of drug-likeness (QED) is 0.580. The van der Waals surface area contributed by atoms with E-state index in [9.17, 15) is 10.2 Å².